The van der Waals surface area contributed by atoms with Crippen LogP contribution in [0, 0.1) is 10.1 Å². The average Bonchev–Trinajstić information content (AvgIpc) is 2.93. The summed E-state index contributed by atoms with van der Waals surface area (Å²) >= 11 is 11.9. The van der Waals surface area contributed by atoms with Gasteiger partial charge >= 0.3 is 5.69 Å². The molecule has 2 rings (SSSR count). The van der Waals surface area contributed by atoms with E-state index in [1.54, 1.807) is 18.2 Å². The molecule has 0 bridgehead atoms. The molecule has 0 unspecified atom stereocenters. The number of hydrogen-bond acceptors (Lipinski definition) is 4. The Morgan fingerprint density at radius 1 is 1.43 bits per heavy atom. The zero-order valence-corrected chi connectivity index (χ0v) is 12.1. The molecule has 0 aliphatic heterocycles. The molecule has 0 saturated carbocycles. The maximum absolute atomic E-state index is 11.8. The van der Waals surface area contributed by atoms with Crippen molar-refractivity contribution in [2.24, 2.45) is 0 Å². The summed E-state index contributed by atoms with van der Waals surface area (Å²) in [5.41, 5.74) is 0.231. The fraction of sp³-hybridized carbons (Fsp3) is 0.167. The maximum atomic E-state index is 11.8. The van der Waals surface area contributed by atoms with Crippen molar-refractivity contribution < 1.29 is 9.72 Å². The van der Waals surface area contributed by atoms with Crippen LogP contribution in [0.3, 0.4) is 0 Å². The Morgan fingerprint density at radius 3 is 2.90 bits per heavy atom. The Balaban J connectivity index is 1.97. The van der Waals surface area contributed by atoms with Gasteiger partial charge < -0.3 is 5.32 Å². The number of carbonyl (C=O) groups excluding carboxylic acids is 1. The number of benzene rings is 1. The summed E-state index contributed by atoms with van der Waals surface area (Å²) in [6.07, 6.45) is 1.44. The highest BCUT2D eigenvalue weighted by Gasteiger charge is 2.22. The summed E-state index contributed by atoms with van der Waals surface area (Å²) < 4.78 is 0. The number of nitrogens with zero attached hydrogens (tertiary/aromatic N) is 2. The normalized spacial score (nSPS) is 10.4. The number of halogens is 2. The summed E-state index contributed by atoms with van der Waals surface area (Å²) in [5.74, 6) is -0.600. The second-order valence-electron chi connectivity index (χ2n) is 4.11. The Hall–Kier alpha value is -2.12. The first-order valence-corrected chi connectivity index (χ1v) is 6.65. The molecule has 0 saturated heterocycles. The molecule has 0 spiro atoms. The Labute approximate surface area is 129 Å². The Bertz CT molecular complexity index is 687. The van der Waals surface area contributed by atoms with Gasteiger partial charge in [-0.15, -0.1) is 0 Å². The van der Waals surface area contributed by atoms with E-state index in [1.807, 2.05) is 0 Å². The summed E-state index contributed by atoms with van der Waals surface area (Å²) in [6.45, 7) is 0.259. The third-order valence-corrected chi connectivity index (χ3v) is 3.61. The van der Waals surface area contributed by atoms with Gasteiger partial charge in [0, 0.05) is 6.54 Å². The van der Waals surface area contributed by atoms with E-state index in [0.717, 1.165) is 11.8 Å². The van der Waals surface area contributed by atoms with Crippen LogP contribution in [0.5, 0.6) is 0 Å². The van der Waals surface area contributed by atoms with Gasteiger partial charge in [0.05, 0.1) is 15.0 Å². The molecule has 0 atom stereocenters. The molecule has 0 aliphatic carbocycles. The number of carbonyl (C=O) groups is 1. The number of nitrogens with one attached hydrogen (secondary N) is 2. The van der Waals surface area contributed by atoms with E-state index in [0.29, 0.717) is 16.5 Å². The topological polar surface area (TPSA) is 101 Å². The van der Waals surface area contributed by atoms with E-state index in [4.69, 9.17) is 23.2 Å². The Kier molecular flexibility index (Phi) is 4.77. The van der Waals surface area contributed by atoms with Gasteiger partial charge in [0.2, 0.25) is 5.69 Å². The van der Waals surface area contributed by atoms with Crippen molar-refractivity contribution >= 4 is 34.8 Å². The highest BCUT2D eigenvalue weighted by atomic mass is 35.5. The van der Waals surface area contributed by atoms with Crippen LogP contribution in [0.2, 0.25) is 10.0 Å². The van der Waals surface area contributed by atoms with Gasteiger partial charge in [0.25, 0.3) is 5.91 Å². The van der Waals surface area contributed by atoms with Gasteiger partial charge in [-0.1, -0.05) is 35.3 Å². The van der Waals surface area contributed by atoms with E-state index in [9.17, 15) is 14.9 Å². The lowest BCUT2D eigenvalue weighted by Crippen LogP contribution is -2.26. The lowest BCUT2D eigenvalue weighted by Gasteiger charge is -2.06. The number of hydrogen-bond donors (Lipinski definition) is 2. The minimum atomic E-state index is -0.674. The van der Waals surface area contributed by atoms with Crippen molar-refractivity contribution in [2.45, 2.75) is 6.42 Å². The highest BCUT2D eigenvalue weighted by molar-refractivity contribution is 6.42. The minimum absolute atomic E-state index is 0.183. The number of aromatic nitrogens is 2. The third kappa shape index (κ3) is 3.50. The van der Waals surface area contributed by atoms with Gasteiger partial charge in [-0.25, -0.2) is 0 Å². The molecule has 0 aliphatic rings. The monoisotopic (exact) mass is 328 g/mol. The van der Waals surface area contributed by atoms with Crippen LogP contribution in [0.4, 0.5) is 5.69 Å². The van der Waals surface area contributed by atoms with Gasteiger partial charge in [-0.2, -0.15) is 5.10 Å². The quantitative estimate of drug-likeness (QED) is 0.650. The van der Waals surface area contributed by atoms with Crippen molar-refractivity contribution in [2.75, 3.05) is 6.54 Å². The molecule has 1 aromatic heterocycles. The lowest BCUT2D eigenvalue weighted by atomic mass is 10.1. The molecule has 7 nitrogen and oxygen atoms in total. The lowest BCUT2D eigenvalue weighted by molar-refractivity contribution is -0.385. The summed E-state index contributed by atoms with van der Waals surface area (Å²) in [6, 6.07) is 5.21. The van der Waals surface area contributed by atoms with Crippen LogP contribution < -0.4 is 5.32 Å². The van der Waals surface area contributed by atoms with Crippen LogP contribution in [0.1, 0.15) is 16.1 Å². The second kappa shape index (κ2) is 6.55. The van der Waals surface area contributed by atoms with Crippen molar-refractivity contribution in [1.29, 1.82) is 0 Å². The van der Waals surface area contributed by atoms with Crippen molar-refractivity contribution in [1.82, 2.24) is 15.5 Å². The predicted octanol–water partition coefficient (Wildman–Crippen LogP) is 2.60. The molecule has 1 heterocycles. The average molecular weight is 329 g/mol. The van der Waals surface area contributed by atoms with Crippen LogP contribution in [-0.2, 0) is 6.42 Å². The van der Waals surface area contributed by atoms with Crippen LogP contribution in [0.15, 0.2) is 24.4 Å². The molecule has 1 amide bonds. The molecule has 2 N–H and O–H groups in total. The van der Waals surface area contributed by atoms with Crippen molar-refractivity contribution in [3.63, 3.8) is 0 Å². The predicted molar refractivity (Wildman–Crippen MR) is 77.7 cm³/mol. The maximum Gasteiger partial charge on any atom is 0.319 e. The fourth-order valence-corrected chi connectivity index (χ4v) is 2.14. The van der Waals surface area contributed by atoms with E-state index < -0.39 is 10.8 Å². The van der Waals surface area contributed by atoms with E-state index in [2.05, 4.69) is 15.5 Å². The summed E-state index contributed by atoms with van der Waals surface area (Å²) in [7, 11) is 0. The molecule has 9 heteroatoms. The minimum Gasteiger partial charge on any atom is -0.350 e. The van der Waals surface area contributed by atoms with Crippen molar-refractivity contribution in [3.8, 4) is 0 Å². The van der Waals surface area contributed by atoms with E-state index in [1.165, 1.54) is 0 Å². The highest BCUT2D eigenvalue weighted by Crippen LogP contribution is 2.25. The van der Waals surface area contributed by atoms with E-state index >= 15 is 0 Å². The van der Waals surface area contributed by atoms with Crippen LogP contribution >= 0.6 is 23.2 Å². The fourth-order valence-electron chi connectivity index (χ4n) is 1.73. The molecule has 0 radical (unpaired) electrons. The smallest absolute Gasteiger partial charge is 0.319 e. The second-order valence-corrected chi connectivity index (χ2v) is 4.89. The molecule has 0 fully saturated rings. The van der Waals surface area contributed by atoms with Gasteiger partial charge in [-0.05, 0) is 18.1 Å². The van der Waals surface area contributed by atoms with E-state index in [-0.39, 0.29) is 17.9 Å². The molecule has 110 valence electrons. The largest absolute Gasteiger partial charge is 0.350 e. The SMILES string of the molecule is O=C(NCCc1cccc(Cl)c1Cl)c1[nH]ncc1[N+](=O)[O-]. The Morgan fingerprint density at radius 2 is 2.19 bits per heavy atom. The number of H-pyrrole nitrogens is 1. The third-order valence-electron chi connectivity index (χ3n) is 2.75. The number of nitro groups is 1. The summed E-state index contributed by atoms with van der Waals surface area (Å²) in [5, 5.41) is 19.9. The van der Waals surface area contributed by atoms with Crippen LogP contribution in [0.25, 0.3) is 0 Å². The van der Waals surface area contributed by atoms with Gasteiger partial charge in [0.15, 0.2) is 0 Å². The standard InChI is InChI=1S/C12H10Cl2N4O3/c13-8-3-1-2-7(10(8)14)4-5-15-12(19)11-9(18(20)21)6-16-17-11/h1-3,6H,4-5H2,(H,15,19)(H,16,17). The first-order valence-electron chi connectivity index (χ1n) is 5.89. The molecule has 21 heavy (non-hydrogen) atoms. The van der Waals surface area contributed by atoms with Gasteiger partial charge in [0.1, 0.15) is 6.20 Å². The number of amides is 1. The molecular weight excluding hydrogens is 319 g/mol. The molecule has 1 aromatic carbocycles. The molecular formula is C12H10Cl2N4O3. The number of aromatic amines is 1. The number of rotatable bonds is 5. The van der Waals surface area contributed by atoms with Crippen LogP contribution in [-0.4, -0.2) is 27.6 Å². The summed E-state index contributed by atoms with van der Waals surface area (Å²) in [4.78, 5) is 21.9. The molecule has 2 aromatic rings. The van der Waals surface area contributed by atoms with Crippen molar-refractivity contribution in [3.05, 3.63) is 55.8 Å². The zero-order chi connectivity index (χ0) is 15.4. The zero-order valence-electron chi connectivity index (χ0n) is 10.6. The van der Waals surface area contributed by atoms with Gasteiger partial charge in [-0.3, -0.25) is 20.0 Å². The first-order chi connectivity index (χ1) is 10.0. The first kappa shape index (κ1) is 15.3.